The minimum Gasteiger partial charge on any atom is -0.394 e. The molecule has 0 amide bonds. The quantitative estimate of drug-likeness (QED) is 0.909. The Hall–Kier alpha value is -0.130. The number of aromatic nitrogens is 1. The molecule has 13 heavy (non-hydrogen) atoms. The Morgan fingerprint density at radius 3 is 2.69 bits per heavy atom. The van der Waals surface area contributed by atoms with Crippen LogP contribution in [-0.2, 0) is 0 Å². The zero-order chi connectivity index (χ0) is 10.1. The van der Waals surface area contributed by atoms with E-state index in [1.165, 1.54) is 0 Å². The molecule has 1 rings (SSSR count). The first-order chi connectivity index (χ1) is 5.97. The van der Waals surface area contributed by atoms with Crippen LogP contribution in [0.3, 0.4) is 0 Å². The molecule has 0 aliphatic heterocycles. The number of halogens is 1. The standard InChI is InChI=1S/C8H13BrN2OS/c1-8(2,5-12)11(3)7-10-6(9)4-13-7/h4,12H,5H2,1-3H3. The fourth-order valence-corrected chi connectivity index (χ4v) is 2.14. The predicted molar refractivity (Wildman–Crippen MR) is 59.4 cm³/mol. The second-order valence-corrected chi connectivity index (χ2v) is 5.13. The first kappa shape index (κ1) is 10.9. The molecule has 0 radical (unpaired) electrons. The third-order valence-corrected chi connectivity index (χ3v) is 3.67. The SMILES string of the molecule is CN(c1nc(Br)cs1)C(C)(C)CO. The Labute approximate surface area is 90.5 Å². The first-order valence-corrected chi connectivity index (χ1v) is 5.60. The lowest BCUT2D eigenvalue weighted by molar-refractivity contribution is 0.216. The van der Waals surface area contributed by atoms with Crippen LogP contribution in [0.2, 0.25) is 0 Å². The largest absolute Gasteiger partial charge is 0.394 e. The van der Waals surface area contributed by atoms with Crippen molar-refractivity contribution >= 4 is 32.4 Å². The van der Waals surface area contributed by atoms with Crippen molar-refractivity contribution in [2.24, 2.45) is 0 Å². The topological polar surface area (TPSA) is 36.4 Å². The van der Waals surface area contributed by atoms with Gasteiger partial charge in [0.1, 0.15) is 4.60 Å². The van der Waals surface area contributed by atoms with Crippen molar-refractivity contribution in [3.05, 3.63) is 9.98 Å². The van der Waals surface area contributed by atoms with Crippen molar-refractivity contribution < 1.29 is 5.11 Å². The second kappa shape index (κ2) is 3.94. The number of rotatable bonds is 3. The number of aliphatic hydroxyl groups is 1. The van der Waals surface area contributed by atoms with Crippen molar-refractivity contribution in [2.75, 3.05) is 18.6 Å². The van der Waals surface area contributed by atoms with Gasteiger partial charge in [-0.25, -0.2) is 4.98 Å². The summed E-state index contributed by atoms with van der Waals surface area (Å²) in [5.74, 6) is 0. The Kier molecular flexibility index (Phi) is 3.32. The average molecular weight is 265 g/mol. The highest BCUT2D eigenvalue weighted by molar-refractivity contribution is 9.10. The molecule has 0 atom stereocenters. The number of anilines is 1. The van der Waals surface area contributed by atoms with Gasteiger partial charge in [-0.2, -0.15) is 0 Å². The lowest BCUT2D eigenvalue weighted by atomic mass is 10.1. The smallest absolute Gasteiger partial charge is 0.186 e. The van der Waals surface area contributed by atoms with Gasteiger partial charge < -0.3 is 10.0 Å². The maximum absolute atomic E-state index is 9.16. The zero-order valence-corrected chi connectivity index (χ0v) is 10.3. The minimum atomic E-state index is -0.267. The maximum atomic E-state index is 9.16. The number of hydrogen-bond donors (Lipinski definition) is 1. The van der Waals surface area contributed by atoms with E-state index in [0.717, 1.165) is 9.73 Å². The molecule has 0 saturated carbocycles. The summed E-state index contributed by atoms with van der Waals surface area (Å²) in [5.41, 5.74) is -0.267. The number of aliphatic hydroxyl groups excluding tert-OH is 1. The number of hydrogen-bond acceptors (Lipinski definition) is 4. The van der Waals surface area contributed by atoms with Crippen LogP contribution in [0.5, 0.6) is 0 Å². The predicted octanol–water partition coefficient (Wildman–Crippen LogP) is 2.11. The van der Waals surface area contributed by atoms with Crippen LogP contribution in [0.25, 0.3) is 0 Å². The van der Waals surface area contributed by atoms with Crippen molar-refractivity contribution in [1.29, 1.82) is 0 Å². The van der Waals surface area contributed by atoms with Crippen LogP contribution >= 0.6 is 27.3 Å². The number of likely N-dealkylation sites (N-methyl/N-ethyl adjacent to an activating group) is 1. The van der Waals surface area contributed by atoms with Gasteiger partial charge in [-0.15, -0.1) is 11.3 Å². The monoisotopic (exact) mass is 264 g/mol. The van der Waals surface area contributed by atoms with Gasteiger partial charge in [-0.3, -0.25) is 0 Å². The molecular weight excluding hydrogens is 252 g/mol. The van der Waals surface area contributed by atoms with E-state index in [1.807, 2.05) is 31.2 Å². The van der Waals surface area contributed by atoms with Crippen LogP contribution in [0, 0.1) is 0 Å². The van der Waals surface area contributed by atoms with E-state index >= 15 is 0 Å². The Bertz CT molecular complexity index is 287. The maximum Gasteiger partial charge on any atom is 0.186 e. The molecule has 1 aromatic rings. The van der Waals surface area contributed by atoms with Crippen LogP contribution in [0.1, 0.15) is 13.8 Å². The van der Waals surface area contributed by atoms with E-state index < -0.39 is 0 Å². The summed E-state index contributed by atoms with van der Waals surface area (Å²) < 4.78 is 0.841. The Morgan fingerprint density at radius 1 is 1.69 bits per heavy atom. The second-order valence-electron chi connectivity index (χ2n) is 3.48. The lowest BCUT2D eigenvalue weighted by Crippen LogP contribution is -2.44. The van der Waals surface area contributed by atoms with Crippen LogP contribution in [-0.4, -0.2) is 29.3 Å². The van der Waals surface area contributed by atoms with E-state index in [0.29, 0.717) is 0 Å². The summed E-state index contributed by atoms with van der Waals surface area (Å²) in [4.78, 5) is 6.25. The van der Waals surface area contributed by atoms with Gasteiger partial charge in [0.2, 0.25) is 0 Å². The molecule has 0 unspecified atom stereocenters. The van der Waals surface area contributed by atoms with E-state index in [-0.39, 0.29) is 12.1 Å². The summed E-state index contributed by atoms with van der Waals surface area (Å²) in [6.07, 6.45) is 0. The summed E-state index contributed by atoms with van der Waals surface area (Å²) in [5, 5.41) is 12.0. The van der Waals surface area contributed by atoms with Gasteiger partial charge in [-0.1, -0.05) is 0 Å². The molecule has 0 aliphatic carbocycles. The normalized spacial score (nSPS) is 11.8. The highest BCUT2D eigenvalue weighted by Gasteiger charge is 2.24. The van der Waals surface area contributed by atoms with Crippen molar-refractivity contribution in [3.63, 3.8) is 0 Å². The van der Waals surface area contributed by atoms with Crippen molar-refractivity contribution in [2.45, 2.75) is 19.4 Å². The number of thiazole rings is 1. The van der Waals surface area contributed by atoms with Crippen molar-refractivity contribution in [1.82, 2.24) is 4.98 Å². The molecule has 74 valence electrons. The van der Waals surface area contributed by atoms with Gasteiger partial charge in [0.05, 0.1) is 12.1 Å². The molecule has 5 heteroatoms. The molecule has 1 N–H and O–H groups in total. The summed E-state index contributed by atoms with van der Waals surface area (Å²) in [6, 6.07) is 0. The summed E-state index contributed by atoms with van der Waals surface area (Å²) in [7, 11) is 1.93. The molecular formula is C8H13BrN2OS. The highest BCUT2D eigenvalue weighted by Crippen LogP contribution is 2.27. The molecule has 0 fully saturated rings. The molecule has 1 heterocycles. The van der Waals surface area contributed by atoms with Crippen LogP contribution in [0.4, 0.5) is 5.13 Å². The van der Waals surface area contributed by atoms with E-state index in [1.54, 1.807) is 11.3 Å². The minimum absolute atomic E-state index is 0.112. The van der Waals surface area contributed by atoms with Crippen molar-refractivity contribution in [3.8, 4) is 0 Å². The molecule has 1 aromatic heterocycles. The van der Waals surface area contributed by atoms with E-state index in [9.17, 15) is 0 Å². The Morgan fingerprint density at radius 2 is 2.31 bits per heavy atom. The van der Waals surface area contributed by atoms with Gasteiger partial charge in [0, 0.05) is 12.4 Å². The number of nitrogens with zero attached hydrogens (tertiary/aromatic N) is 2. The Balaban J connectivity index is 2.84. The third-order valence-electron chi connectivity index (χ3n) is 2.05. The first-order valence-electron chi connectivity index (χ1n) is 3.93. The van der Waals surface area contributed by atoms with E-state index in [2.05, 4.69) is 20.9 Å². The molecule has 3 nitrogen and oxygen atoms in total. The zero-order valence-electron chi connectivity index (χ0n) is 7.91. The van der Waals surface area contributed by atoms with Crippen LogP contribution in [0.15, 0.2) is 9.98 Å². The average Bonchev–Trinajstić information content (AvgIpc) is 2.50. The van der Waals surface area contributed by atoms with Crippen LogP contribution < -0.4 is 4.90 Å². The molecule has 0 saturated heterocycles. The summed E-state index contributed by atoms with van der Waals surface area (Å²) >= 11 is 4.86. The molecule has 0 spiro atoms. The third kappa shape index (κ3) is 2.42. The molecule has 0 bridgehead atoms. The molecule has 0 aliphatic rings. The fraction of sp³-hybridized carbons (Fsp3) is 0.625. The van der Waals surface area contributed by atoms with Gasteiger partial charge in [-0.05, 0) is 29.8 Å². The summed E-state index contributed by atoms with van der Waals surface area (Å²) in [6.45, 7) is 4.06. The fourth-order valence-electron chi connectivity index (χ4n) is 0.764. The van der Waals surface area contributed by atoms with Gasteiger partial charge in [0.15, 0.2) is 5.13 Å². The van der Waals surface area contributed by atoms with E-state index in [4.69, 9.17) is 5.11 Å². The van der Waals surface area contributed by atoms with Gasteiger partial charge >= 0.3 is 0 Å². The molecule has 0 aromatic carbocycles. The lowest BCUT2D eigenvalue weighted by Gasteiger charge is -2.33. The van der Waals surface area contributed by atoms with Gasteiger partial charge in [0.25, 0.3) is 0 Å². The highest BCUT2D eigenvalue weighted by atomic mass is 79.9.